The first-order valence-corrected chi connectivity index (χ1v) is 6.65. The van der Waals surface area contributed by atoms with Crippen LogP contribution < -0.4 is 5.32 Å². The fraction of sp³-hybridized carbons (Fsp3) is 0.667. The number of nitrogens with zero attached hydrogens (tertiary/aromatic N) is 1. The van der Waals surface area contributed by atoms with Crippen LogP contribution in [0.25, 0.3) is 0 Å². The van der Waals surface area contributed by atoms with E-state index in [2.05, 4.69) is 24.1 Å². The summed E-state index contributed by atoms with van der Waals surface area (Å²) >= 11 is 10.1. The molecule has 0 spiro atoms. The predicted molar refractivity (Wildman–Crippen MR) is 78.4 cm³/mol. The molecule has 0 amide bonds. The van der Waals surface area contributed by atoms with Gasteiger partial charge >= 0.3 is 0 Å². The highest BCUT2D eigenvalue weighted by Crippen LogP contribution is 2.16. The van der Waals surface area contributed by atoms with Gasteiger partial charge in [-0.05, 0) is 25.6 Å². The normalized spacial score (nSPS) is 10.2. The van der Waals surface area contributed by atoms with Gasteiger partial charge in [0.1, 0.15) is 0 Å². The minimum Gasteiger partial charge on any atom is -0.383 e. The standard InChI is InChI=1S/C11H18N2S2.CH3F/c1-3-6-13(4-2)7-5-12-9-8-10(14)11(9)15;1-2/h8,12H,3-7H2,1-2H3;1H3. The van der Waals surface area contributed by atoms with Crippen molar-refractivity contribution in [1.29, 1.82) is 0 Å². The maximum Gasteiger partial charge on any atom is 0.0790 e. The maximum atomic E-state index is 9.50. The van der Waals surface area contributed by atoms with Gasteiger partial charge in [-0.2, -0.15) is 0 Å². The first kappa shape index (κ1) is 16.6. The summed E-state index contributed by atoms with van der Waals surface area (Å²) in [5.74, 6) is 0. The first-order chi connectivity index (χ1) is 8.19. The molecular weight excluding hydrogens is 255 g/mol. The Morgan fingerprint density at radius 1 is 1.24 bits per heavy atom. The van der Waals surface area contributed by atoms with Crippen molar-refractivity contribution in [2.75, 3.05) is 38.7 Å². The van der Waals surface area contributed by atoms with Gasteiger partial charge in [0.15, 0.2) is 0 Å². The van der Waals surface area contributed by atoms with E-state index in [-0.39, 0.29) is 0 Å². The zero-order valence-corrected chi connectivity index (χ0v) is 12.4. The first-order valence-electron chi connectivity index (χ1n) is 5.83. The van der Waals surface area contributed by atoms with Gasteiger partial charge in [0.25, 0.3) is 0 Å². The van der Waals surface area contributed by atoms with E-state index in [0.717, 1.165) is 34.3 Å². The van der Waals surface area contributed by atoms with Crippen molar-refractivity contribution in [2.24, 2.45) is 0 Å². The SMILES string of the molecule is CCCN(CC)CCNc1cc(=S)c1=S.CF. The molecule has 98 valence electrons. The molecule has 0 aromatic heterocycles. The van der Waals surface area contributed by atoms with Gasteiger partial charge in [-0.3, -0.25) is 4.39 Å². The van der Waals surface area contributed by atoms with E-state index < -0.39 is 0 Å². The third-order valence-corrected chi connectivity index (χ3v) is 3.37. The Morgan fingerprint density at radius 3 is 2.29 bits per heavy atom. The molecule has 0 aliphatic rings. The van der Waals surface area contributed by atoms with Crippen LogP contribution >= 0.6 is 24.4 Å². The van der Waals surface area contributed by atoms with Gasteiger partial charge in [0.05, 0.1) is 21.9 Å². The summed E-state index contributed by atoms with van der Waals surface area (Å²) in [5.41, 5.74) is 1.04. The Balaban J connectivity index is 0.00000121. The van der Waals surface area contributed by atoms with Gasteiger partial charge in [0.2, 0.25) is 0 Å². The van der Waals surface area contributed by atoms with Crippen LogP contribution in [0.2, 0.25) is 0 Å². The molecule has 5 heteroatoms. The minimum absolute atomic E-state index is 0.500. The van der Waals surface area contributed by atoms with Gasteiger partial charge < -0.3 is 10.2 Å². The fourth-order valence-electron chi connectivity index (χ4n) is 1.54. The van der Waals surface area contributed by atoms with Crippen LogP contribution in [0.4, 0.5) is 10.1 Å². The van der Waals surface area contributed by atoms with Crippen molar-refractivity contribution in [2.45, 2.75) is 20.3 Å². The quantitative estimate of drug-likeness (QED) is 0.763. The Kier molecular flexibility index (Phi) is 9.40. The van der Waals surface area contributed by atoms with E-state index in [1.165, 1.54) is 13.0 Å². The highest BCUT2D eigenvalue weighted by molar-refractivity contribution is 7.74. The number of hydrogen-bond acceptors (Lipinski definition) is 4. The molecule has 0 radical (unpaired) electrons. The third-order valence-electron chi connectivity index (χ3n) is 2.47. The molecule has 0 bridgehead atoms. The average molecular weight is 276 g/mol. The van der Waals surface area contributed by atoms with Crippen LogP contribution in [0.1, 0.15) is 20.3 Å². The lowest BCUT2D eigenvalue weighted by Crippen LogP contribution is -2.29. The number of alkyl halides is 1. The number of halogens is 1. The van der Waals surface area contributed by atoms with E-state index in [1.54, 1.807) is 0 Å². The van der Waals surface area contributed by atoms with Crippen LogP contribution in [-0.2, 0) is 0 Å². The third kappa shape index (κ3) is 5.66. The zero-order valence-electron chi connectivity index (χ0n) is 10.8. The van der Waals surface area contributed by atoms with E-state index in [4.69, 9.17) is 24.4 Å². The summed E-state index contributed by atoms with van der Waals surface area (Å²) in [6, 6.07) is 1.94. The molecule has 0 heterocycles. The number of likely N-dealkylation sites (N-methyl/N-ethyl adjacent to an activating group) is 1. The summed E-state index contributed by atoms with van der Waals surface area (Å²) in [7, 11) is 0.500. The van der Waals surface area contributed by atoms with Gasteiger partial charge in [0, 0.05) is 13.1 Å². The lowest BCUT2D eigenvalue weighted by molar-refractivity contribution is 0.300. The molecule has 0 aliphatic carbocycles. The molecule has 0 saturated carbocycles. The molecule has 0 unspecified atom stereocenters. The molecule has 1 rings (SSSR count). The number of rotatable bonds is 7. The number of hydrogen-bond donors (Lipinski definition) is 1. The molecule has 2 nitrogen and oxygen atoms in total. The van der Waals surface area contributed by atoms with Crippen molar-refractivity contribution < 1.29 is 4.39 Å². The van der Waals surface area contributed by atoms with E-state index in [9.17, 15) is 4.39 Å². The van der Waals surface area contributed by atoms with E-state index in [1.807, 2.05) is 6.07 Å². The molecule has 0 fully saturated rings. The summed E-state index contributed by atoms with van der Waals surface area (Å²) in [5, 5.41) is 3.31. The maximum absolute atomic E-state index is 9.50. The van der Waals surface area contributed by atoms with Crippen molar-refractivity contribution in [1.82, 2.24) is 4.90 Å². The monoisotopic (exact) mass is 276 g/mol. The molecule has 1 N–H and O–H groups in total. The second kappa shape index (κ2) is 9.62. The van der Waals surface area contributed by atoms with Crippen LogP contribution in [0.3, 0.4) is 0 Å². The molecule has 0 saturated heterocycles. The highest BCUT2D eigenvalue weighted by Gasteiger charge is 2.03. The molecular formula is C12H21FN2S2. The second-order valence-electron chi connectivity index (χ2n) is 3.61. The average Bonchev–Trinajstić information content (AvgIpc) is 2.38. The predicted octanol–water partition coefficient (Wildman–Crippen LogP) is 3.75. The van der Waals surface area contributed by atoms with Crippen molar-refractivity contribution in [3.63, 3.8) is 0 Å². The van der Waals surface area contributed by atoms with Gasteiger partial charge in [-0.15, -0.1) is 0 Å². The van der Waals surface area contributed by atoms with Crippen LogP contribution in [0.15, 0.2) is 6.07 Å². The summed E-state index contributed by atoms with van der Waals surface area (Å²) in [4.78, 5) is 2.42. The zero-order chi connectivity index (χ0) is 13.3. The molecule has 17 heavy (non-hydrogen) atoms. The Labute approximate surface area is 114 Å². The van der Waals surface area contributed by atoms with Crippen molar-refractivity contribution >= 4 is 30.1 Å². The summed E-state index contributed by atoms with van der Waals surface area (Å²) < 4.78 is 11.1. The van der Waals surface area contributed by atoms with Crippen LogP contribution in [-0.4, -0.2) is 38.3 Å². The highest BCUT2D eigenvalue weighted by atomic mass is 32.1. The van der Waals surface area contributed by atoms with Crippen LogP contribution in [0, 0.1) is 9.02 Å². The van der Waals surface area contributed by atoms with E-state index in [0.29, 0.717) is 7.18 Å². The number of anilines is 1. The Bertz CT molecular complexity index is 372. The van der Waals surface area contributed by atoms with Crippen molar-refractivity contribution in [3.05, 3.63) is 15.1 Å². The molecule has 1 aromatic rings. The van der Waals surface area contributed by atoms with E-state index >= 15 is 0 Å². The van der Waals surface area contributed by atoms with Crippen molar-refractivity contribution in [3.8, 4) is 0 Å². The Hall–Kier alpha value is -0.390. The smallest absolute Gasteiger partial charge is 0.0790 e. The van der Waals surface area contributed by atoms with Crippen LogP contribution in [0.5, 0.6) is 0 Å². The number of nitrogens with one attached hydrogen (secondary N) is 1. The summed E-state index contributed by atoms with van der Waals surface area (Å²) in [6.07, 6.45) is 1.21. The Morgan fingerprint density at radius 2 is 1.88 bits per heavy atom. The largest absolute Gasteiger partial charge is 0.383 e. The second-order valence-corrected chi connectivity index (χ2v) is 4.46. The molecule has 1 aromatic carbocycles. The minimum atomic E-state index is 0.500. The molecule has 0 atom stereocenters. The molecule has 0 aliphatic heterocycles. The fourth-order valence-corrected chi connectivity index (χ4v) is 1.96. The van der Waals surface area contributed by atoms with Gasteiger partial charge in [-0.1, -0.05) is 38.3 Å². The summed E-state index contributed by atoms with van der Waals surface area (Å²) in [6.45, 7) is 8.69. The lowest BCUT2D eigenvalue weighted by Gasteiger charge is -2.20. The topological polar surface area (TPSA) is 15.3 Å². The lowest BCUT2D eigenvalue weighted by atomic mass is 10.3. The van der Waals surface area contributed by atoms with Gasteiger partial charge in [-0.25, -0.2) is 0 Å².